The Balaban J connectivity index is 1.28. The van der Waals surface area contributed by atoms with E-state index in [-0.39, 0.29) is 18.0 Å². The van der Waals surface area contributed by atoms with E-state index in [1.807, 2.05) is 53.9 Å². The number of Topliss-reactive ketones (excluding diaryl/α,β-unsaturated/α-hetero) is 1. The van der Waals surface area contributed by atoms with Crippen LogP contribution in [-0.4, -0.2) is 36.7 Å². The summed E-state index contributed by atoms with van der Waals surface area (Å²) in [5, 5.41) is 1.99. The second kappa shape index (κ2) is 8.63. The highest BCUT2D eigenvalue weighted by Crippen LogP contribution is 2.34. The van der Waals surface area contributed by atoms with E-state index in [9.17, 15) is 4.79 Å². The molecule has 7 heteroatoms. The summed E-state index contributed by atoms with van der Waals surface area (Å²) in [7, 11) is 1.63. The third kappa shape index (κ3) is 4.12. The molecule has 5 rings (SSSR count). The van der Waals surface area contributed by atoms with E-state index in [0.29, 0.717) is 24.5 Å². The first-order valence-electron chi connectivity index (χ1n) is 10.0. The van der Waals surface area contributed by atoms with Gasteiger partial charge in [0.2, 0.25) is 5.78 Å². The fourth-order valence-electron chi connectivity index (χ4n) is 3.66. The van der Waals surface area contributed by atoms with Crippen LogP contribution in [0.5, 0.6) is 5.75 Å². The zero-order chi connectivity index (χ0) is 21.2. The van der Waals surface area contributed by atoms with Crippen LogP contribution in [0.15, 0.2) is 71.8 Å². The highest BCUT2D eigenvalue weighted by atomic mass is 32.1. The van der Waals surface area contributed by atoms with Crippen molar-refractivity contribution in [3.8, 4) is 16.3 Å². The number of hydrogen-bond donors (Lipinski definition) is 0. The van der Waals surface area contributed by atoms with Gasteiger partial charge in [0.05, 0.1) is 24.3 Å². The minimum atomic E-state index is -0.467. The lowest BCUT2D eigenvalue weighted by atomic mass is 10.0. The van der Waals surface area contributed by atoms with Crippen molar-refractivity contribution in [1.82, 2.24) is 4.98 Å². The summed E-state index contributed by atoms with van der Waals surface area (Å²) in [6.45, 7) is 0.342. The van der Waals surface area contributed by atoms with E-state index in [1.54, 1.807) is 30.6 Å². The van der Waals surface area contributed by atoms with Crippen molar-refractivity contribution >= 4 is 17.1 Å². The number of aromatic nitrogens is 1. The van der Waals surface area contributed by atoms with Crippen LogP contribution in [0.3, 0.4) is 0 Å². The van der Waals surface area contributed by atoms with E-state index in [0.717, 1.165) is 21.9 Å². The van der Waals surface area contributed by atoms with Gasteiger partial charge in [-0.15, -0.1) is 11.3 Å². The number of carbonyl (C=O) groups is 1. The van der Waals surface area contributed by atoms with Gasteiger partial charge in [-0.2, -0.15) is 0 Å². The van der Waals surface area contributed by atoms with Crippen molar-refractivity contribution in [3.05, 3.63) is 83.1 Å². The van der Waals surface area contributed by atoms with Crippen LogP contribution >= 0.6 is 11.3 Å². The average Bonchev–Trinajstić information content (AvgIpc) is 3.38. The van der Waals surface area contributed by atoms with Crippen LogP contribution in [0, 0.1) is 0 Å². The van der Waals surface area contributed by atoms with Gasteiger partial charge in [-0.05, 0) is 48.2 Å². The van der Waals surface area contributed by atoms with Gasteiger partial charge < -0.3 is 18.9 Å². The molecular weight excluding hydrogens is 414 g/mol. The fourth-order valence-corrected chi connectivity index (χ4v) is 4.35. The maximum atomic E-state index is 13.0. The van der Waals surface area contributed by atoms with Gasteiger partial charge >= 0.3 is 0 Å². The molecule has 2 aromatic heterocycles. The number of ether oxygens (including phenoxy) is 4. The number of nitrogens with zero attached hydrogens (tertiary/aromatic N) is 1. The predicted octanol–water partition coefficient (Wildman–Crippen LogP) is 4.79. The Kier molecular flexibility index (Phi) is 5.55. The number of rotatable bonds is 5. The number of ketones is 1. The van der Waals surface area contributed by atoms with Crippen LogP contribution in [0.2, 0.25) is 0 Å². The lowest BCUT2D eigenvalue weighted by molar-refractivity contribution is -0.261. The molecule has 0 spiro atoms. The SMILES string of the molecule is COc1ccc(C2OC[C@H]3OC(C(=O)c4cccc(-c5cccs5)n4)=CC[C@@H]3O2)cc1. The van der Waals surface area contributed by atoms with Gasteiger partial charge in [0.1, 0.15) is 23.7 Å². The quantitative estimate of drug-likeness (QED) is 0.537. The van der Waals surface area contributed by atoms with Crippen molar-refractivity contribution in [2.45, 2.75) is 24.9 Å². The molecule has 4 heterocycles. The van der Waals surface area contributed by atoms with E-state index < -0.39 is 6.29 Å². The summed E-state index contributed by atoms with van der Waals surface area (Å²) in [6, 6.07) is 17.0. The summed E-state index contributed by atoms with van der Waals surface area (Å²) in [5.74, 6) is 0.850. The molecule has 158 valence electrons. The number of allylic oxidation sites excluding steroid dienone is 1. The summed E-state index contributed by atoms with van der Waals surface area (Å²) >= 11 is 1.59. The Morgan fingerprint density at radius 1 is 1.10 bits per heavy atom. The van der Waals surface area contributed by atoms with E-state index in [4.69, 9.17) is 18.9 Å². The topological polar surface area (TPSA) is 66.9 Å². The Morgan fingerprint density at radius 3 is 2.74 bits per heavy atom. The van der Waals surface area contributed by atoms with Crippen LogP contribution < -0.4 is 4.74 Å². The van der Waals surface area contributed by atoms with Crippen molar-refractivity contribution in [2.75, 3.05) is 13.7 Å². The molecule has 1 aromatic carbocycles. The van der Waals surface area contributed by atoms with E-state index >= 15 is 0 Å². The molecule has 3 aromatic rings. The maximum Gasteiger partial charge on any atom is 0.245 e. The molecular formula is C24H21NO5S. The molecule has 1 fully saturated rings. The van der Waals surface area contributed by atoms with Crippen molar-refractivity contribution < 1.29 is 23.7 Å². The van der Waals surface area contributed by atoms with Crippen LogP contribution in [0.1, 0.15) is 28.8 Å². The van der Waals surface area contributed by atoms with Crippen molar-refractivity contribution in [3.63, 3.8) is 0 Å². The Morgan fingerprint density at radius 2 is 1.97 bits per heavy atom. The summed E-state index contributed by atoms with van der Waals surface area (Å²) in [5.41, 5.74) is 2.06. The van der Waals surface area contributed by atoms with Crippen molar-refractivity contribution in [2.24, 2.45) is 0 Å². The molecule has 0 N–H and O–H groups in total. The number of thiophene rings is 1. The first-order chi connectivity index (χ1) is 15.2. The molecule has 1 unspecified atom stereocenters. The number of pyridine rings is 1. The zero-order valence-electron chi connectivity index (χ0n) is 16.9. The van der Waals surface area contributed by atoms with Gasteiger partial charge in [-0.3, -0.25) is 4.79 Å². The molecule has 0 saturated carbocycles. The Hall–Kier alpha value is -3.00. The Labute approximate surface area is 184 Å². The summed E-state index contributed by atoms with van der Waals surface area (Å²) < 4.78 is 23.1. The third-order valence-electron chi connectivity index (χ3n) is 5.31. The molecule has 2 aliphatic heterocycles. The number of benzene rings is 1. The molecule has 0 bridgehead atoms. The Bertz CT molecular complexity index is 1090. The fraction of sp³-hybridized carbons (Fsp3) is 0.250. The highest BCUT2D eigenvalue weighted by Gasteiger charge is 2.38. The first-order valence-corrected chi connectivity index (χ1v) is 10.9. The van der Waals surface area contributed by atoms with Gasteiger partial charge in [0, 0.05) is 5.56 Å². The van der Waals surface area contributed by atoms with Gasteiger partial charge in [-0.25, -0.2) is 4.98 Å². The normalized spacial score (nSPS) is 22.7. The standard InChI is InChI=1S/C24H21NO5S/c1-27-16-9-7-15(8-10-16)24-28-14-21-19(30-24)11-12-20(29-21)23(26)18-5-2-4-17(25-18)22-6-3-13-31-22/h2-10,12-13,19,21,24H,11,14H2,1H3/t19-,21+,24?/m0/s1. The molecule has 0 radical (unpaired) electrons. The maximum absolute atomic E-state index is 13.0. The lowest BCUT2D eigenvalue weighted by Crippen LogP contribution is -2.44. The third-order valence-corrected chi connectivity index (χ3v) is 6.20. The first kappa shape index (κ1) is 19.9. The van der Waals surface area contributed by atoms with Gasteiger partial charge in [0.25, 0.3) is 0 Å². The lowest BCUT2D eigenvalue weighted by Gasteiger charge is -2.38. The second-order valence-electron chi connectivity index (χ2n) is 7.29. The summed E-state index contributed by atoms with van der Waals surface area (Å²) in [6.07, 6.45) is 1.39. The average molecular weight is 436 g/mol. The monoisotopic (exact) mass is 435 g/mol. The predicted molar refractivity (Wildman–Crippen MR) is 116 cm³/mol. The molecule has 3 atom stereocenters. The molecule has 31 heavy (non-hydrogen) atoms. The van der Waals surface area contributed by atoms with Crippen LogP contribution in [0.25, 0.3) is 10.6 Å². The zero-order valence-corrected chi connectivity index (χ0v) is 17.7. The minimum absolute atomic E-state index is 0.178. The van der Waals surface area contributed by atoms with Crippen molar-refractivity contribution in [1.29, 1.82) is 0 Å². The largest absolute Gasteiger partial charge is 0.497 e. The molecule has 1 saturated heterocycles. The number of hydrogen-bond acceptors (Lipinski definition) is 7. The number of methoxy groups -OCH3 is 1. The number of carbonyl (C=O) groups excluding carboxylic acids is 1. The minimum Gasteiger partial charge on any atom is -0.497 e. The summed E-state index contributed by atoms with van der Waals surface area (Å²) in [4.78, 5) is 18.5. The van der Waals surface area contributed by atoms with Gasteiger partial charge in [0.15, 0.2) is 12.0 Å². The smallest absolute Gasteiger partial charge is 0.245 e. The molecule has 6 nitrogen and oxygen atoms in total. The van der Waals surface area contributed by atoms with E-state index in [2.05, 4.69) is 4.98 Å². The number of fused-ring (bicyclic) bond motifs is 1. The van der Waals surface area contributed by atoms with E-state index in [1.165, 1.54) is 0 Å². The van der Waals surface area contributed by atoms with Crippen LogP contribution in [-0.2, 0) is 14.2 Å². The second-order valence-corrected chi connectivity index (χ2v) is 8.24. The molecule has 0 aliphatic carbocycles. The highest BCUT2D eigenvalue weighted by molar-refractivity contribution is 7.13. The van der Waals surface area contributed by atoms with Crippen LogP contribution in [0.4, 0.5) is 0 Å². The molecule has 0 amide bonds. The molecule has 2 aliphatic rings. The van der Waals surface area contributed by atoms with Gasteiger partial charge in [-0.1, -0.05) is 24.3 Å².